The molecule has 2 aromatic rings. The first kappa shape index (κ1) is 39.5. The van der Waals surface area contributed by atoms with E-state index in [-0.39, 0.29) is 21.7 Å². The Bertz CT molecular complexity index is 1170. The van der Waals surface area contributed by atoms with Gasteiger partial charge in [0.2, 0.25) is 0 Å². The largest absolute Gasteiger partial charge is 0.135 e. The van der Waals surface area contributed by atoms with Crippen LogP contribution >= 0.6 is 15.9 Å². The summed E-state index contributed by atoms with van der Waals surface area (Å²) in [7, 11) is -2.43. The van der Waals surface area contributed by atoms with Crippen molar-refractivity contribution in [1.82, 2.24) is 0 Å². The molecule has 0 aliphatic carbocycles. The fraction of sp³-hybridized carbons (Fsp3) is 0.579. The first-order valence-electron chi connectivity index (χ1n) is 14.9. The molecule has 0 saturated carbocycles. The van der Waals surface area contributed by atoms with Gasteiger partial charge in [-0.15, -0.1) is 17.5 Å². The van der Waals surface area contributed by atoms with Gasteiger partial charge in [-0.05, 0) is 68.2 Å². The van der Waals surface area contributed by atoms with E-state index in [0.717, 1.165) is 0 Å². The zero-order chi connectivity index (χ0) is 32.8. The summed E-state index contributed by atoms with van der Waals surface area (Å²) in [6.45, 7) is 40.4. The van der Waals surface area contributed by atoms with Crippen molar-refractivity contribution in [3.05, 3.63) is 68.7 Å². The second-order valence-electron chi connectivity index (χ2n) is 17.4. The second-order valence-corrected chi connectivity index (χ2v) is 27.9. The zero-order valence-electron chi connectivity index (χ0n) is 29.9. The van der Waals surface area contributed by atoms with Gasteiger partial charge in [0.05, 0.1) is 0 Å². The Hall–Kier alpha value is -1.53. The van der Waals surface area contributed by atoms with E-state index in [1.54, 1.807) is 0 Å². The van der Waals surface area contributed by atoms with Gasteiger partial charge in [-0.25, -0.2) is 0 Å². The lowest BCUT2D eigenvalue weighted by Crippen LogP contribution is -2.17. The Kier molecular flexibility index (Phi) is 13.8. The van der Waals surface area contributed by atoms with Gasteiger partial charge in [0, 0.05) is 10.0 Å². The Morgan fingerprint density at radius 2 is 0.780 bits per heavy atom. The van der Waals surface area contributed by atoms with Crippen LogP contribution < -0.4 is 0 Å². The van der Waals surface area contributed by atoms with E-state index in [0.29, 0.717) is 0 Å². The van der Waals surface area contributed by atoms with Crippen LogP contribution in [0.3, 0.4) is 0 Å². The van der Waals surface area contributed by atoms with E-state index in [1.807, 2.05) is 0 Å². The molecule has 0 spiro atoms. The van der Waals surface area contributed by atoms with Crippen molar-refractivity contribution in [2.75, 3.05) is 0 Å². The molecular weight excluding hydrogens is 592 g/mol. The van der Waals surface area contributed by atoms with Crippen molar-refractivity contribution >= 4 is 32.1 Å². The number of halogens is 1. The van der Waals surface area contributed by atoms with Gasteiger partial charge < -0.3 is 0 Å². The van der Waals surface area contributed by atoms with E-state index in [9.17, 15) is 0 Å². The molecule has 0 aromatic heterocycles. The molecule has 0 fully saturated rings. The summed E-state index contributed by atoms with van der Waals surface area (Å²) >= 11 is 3.60. The van der Waals surface area contributed by atoms with Crippen LogP contribution in [-0.4, -0.2) is 16.1 Å². The van der Waals surface area contributed by atoms with Gasteiger partial charge in [0.15, 0.2) is 0 Å². The summed E-state index contributed by atoms with van der Waals surface area (Å²) in [5, 5.41) is 0. The lowest BCUT2D eigenvalue weighted by molar-refractivity contribution is 0.567. The fourth-order valence-corrected chi connectivity index (χ4v) is 4.29. The fourth-order valence-electron chi connectivity index (χ4n) is 3.28. The highest BCUT2D eigenvalue weighted by Crippen LogP contribution is 2.32. The predicted octanol–water partition coefficient (Wildman–Crippen LogP) is 12.1. The Balaban J connectivity index is 0.000000669. The summed E-state index contributed by atoms with van der Waals surface area (Å²) in [5.41, 5.74) is 13.7. The van der Waals surface area contributed by atoms with E-state index in [2.05, 4.69) is 192 Å². The molecule has 228 valence electrons. The minimum absolute atomic E-state index is 0.164. The van der Waals surface area contributed by atoms with Gasteiger partial charge >= 0.3 is 0 Å². The third-order valence-corrected chi connectivity index (χ3v) is 8.51. The third-order valence-electron chi connectivity index (χ3n) is 6.31. The second kappa shape index (κ2) is 14.3. The van der Waals surface area contributed by atoms with Gasteiger partial charge in [0.25, 0.3) is 0 Å². The lowest BCUT2D eigenvalue weighted by Gasteiger charge is -2.25. The van der Waals surface area contributed by atoms with Crippen LogP contribution in [0.2, 0.25) is 39.3 Å². The van der Waals surface area contributed by atoms with Crippen LogP contribution in [0.5, 0.6) is 0 Å². The van der Waals surface area contributed by atoms with Crippen molar-refractivity contribution in [1.29, 1.82) is 0 Å². The van der Waals surface area contributed by atoms with Crippen molar-refractivity contribution < 1.29 is 0 Å². The monoisotopic (exact) mass is 652 g/mol. The van der Waals surface area contributed by atoms with Gasteiger partial charge in [-0.3, -0.25) is 0 Å². The number of benzene rings is 2. The van der Waals surface area contributed by atoms with Crippen molar-refractivity contribution in [2.45, 2.75) is 144 Å². The maximum Gasteiger partial charge on any atom is 0.129 e. The van der Waals surface area contributed by atoms with Crippen LogP contribution in [0.25, 0.3) is 0 Å². The average molecular weight is 654 g/mol. The maximum atomic E-state index is 5.12. The molecular formula is C38H61BrSi2. The quantitative estimate of drug-likeness (QED) is 0.196. The highest BCUT2D eigenvalue weighted by molar-refractivity contribution is 9.10. The number of terminal acetylenes is 1. The predicted molar refractivity (Wildman–Crippen MR) is 198 cm³/mol. The molecule has 0 saturated heterocycles. The van der Waals surface area contributed by atoms with Gasteiger partial charge in [-0.2, -0.15) is 0 Å². The summed E-state index contributed by atoms with van der Waals surface area (Å²) in [4.78, 5) is 0. The molecule has 2 aromatic carbocycles. The van der Waals surface area contributed by atoms with Crippen molar-refractivity contribution in [3.63, 3.8) is 0 Å². The van der Waals surface area contributed by atoms with Crippen LogP contribution in [0, 0.1) is 23.4 Å². The van der Waals surface area contributed by atoms with Gasteiger partial charge in [-0.1, -0.05) is 156 Å². The van der Waals surface area contributed by atoms with E-state index >= 15 is 0 Å². The highest BCUT2D eigenvalue weighted by Gasteiger charge is 2.21. The molecule has 0 unspecified atom stereocenters. The normalized spacial score (nSPS) is 12.5. The Morgan fingerprint density at radius 1 is 0.512 bits per heavy atom. The summed E-state index contributed by atoms with van der Waals surface area (Å²) in [6, 6.07) is 13.6. The lowest BCUT2D eigenvalue weighted by atomic mass is 9.79. The minimum Gasteiger partial charge on any atom is -0.135 e. The number of hydrogen-bond donors (Lipinski definition) is 0. The molecule has 0 atom stereocenters. The van der Waals surface area contributed by atoms with Crippen LogP contribution in [-0.2, 0) is 21.7 Å². The third kappa shape index (κ3) is 16.6. The van der Waals surface area contributed by atoms with E-state index in [1.165, 1.54) is 32.3 Å². The van der Waals surface area contributed by atoms with Crippen LogP contribution in [0.1, 0.15) is 111 Å². The molecule has 2 rings (SSSR count). The molecule has 0 bridgehead atoms. The standard InChI is InChI=1S/C19H30Si.C14H21Br.C5H10Si/c1-18(2,3)16-12-15(10-11-20(7,8)9)13-17(14-16)19(4,5)6;1-13(2,3)10-7-11(14(4,5)6)9-12(15)8-10;1-5-6(2,3)4/h12-14H,1-9H3;7-9H,1-6H3;1H,2-4H3. The first-order valence-corrected chi connectivity index (χ1v) is 22.7. The molecule has 41 heavy (non-hydrogen) atoms. The Labute approximate surface area is 267 Å². The molecule has 0 aliphatic rings. The molecule has 0 aliphatic heterocycles. The molecule has 0 N–H and O–H groups in total. The highest BCUT2D eigenvalue weighted by atomic mass is 79.9. The summed E-state index contributed by atoms with van der Waals surface area (Å²) < 4.78 is 1.18. The van der Waals surface area contributed by atoms with Crippen LogP contribution in [0.4, 0.5) is 0 Å². The molecule has 0 amide bonds. The Morgan fingerprint density at radius 3 is 1.00 bits per heavy atom. The smallest absolute Gasteiger partial charge is 0.129 e. The van der Waals surface area contributed by atoms with E-state index in [4.69, 9.17) is 6.42 Å². The van der Waals surface area contributed by atoms with Gasteiger partial charge in [0.1, 0.15) is 16.1 Å². The molecule has 0 heterocycles. The zero-order valence-corrected chi connectivity index (χ0v) is 33.5. The molecule has 3 heteroatoms. The maximum absolute atomic E-state index is 5.12. The SMILES string of the molecule is C#C[Si](C)(C)C.CC(C)(C)c1cc(Br)cc(C(C)(C)C)c1.CC(C)(C)c1cc(C#C[Si](C)(C)C)cc(C(C)(C)C)c1. The number of hydrogen-bond acceptors (Lipinski definition) is 0. The van der Waals surface area contributed by atoms with Crippen molar-refractivity contribution in [3.8, 4) is 23.4 Å². The summed E-state index contributed by atoms with van der Waals surface area (Å²) in [5.74, 6) is 3.42. The topological polar surface area (TPSA) is 0 Å². The van der Waals surface area contributed by atoms with Crippen LogP contribution in [0.15, 0.2) is 40.9 Å². The van der Waals surface area contributed by atoms with E-state index < -0.39 is 16.1 Å². The molecule has 0 radical (unpaired) electrons. The van der Waals surface area contributed by atoms with Crippen molar-refractivity contribution in [2.24, 2.45) is 0 Å². The number of rotatable bonds is 0. The average Bonchev–Trinajstić information content (AvgIpc) is 2.74. The molecule has 0 nitrogen and oxygen atoms in total. The minimum atomic E-state index is -1.33. The summed E-state index contributed by atoms with van der Waals surface area (Å²) in [6.07, 6.45) is 5.12. The first-order chi connectivity index (χ1) is 18.0.